The van der Waals surface area contributed by atoms with E-state index in [2.05, 4.69) is 20.6 Å². The standard InChI is InChI=1S/C26H25Cl2N7O5/c1-29-25(38)15-7-14(8-17(27)23(15)37)16-11-35(24-22(16)26(39)33(2)13-31-24)12-21(36)32-19-9-20(30-10-18(19)28)34-3-5-40-6-4-34/h7-11,13,37H,3-6,12H2,1-2H3,(H,29,38)(H,30,32,36). The molecule has 1 aliphatic heterocycles. The first kappa shape index (κ1) is 27.4. The minimum Gasteiger partial charge on any atom is -0.506 e. The van der Waals surface area contributed by atoms with Gasteiger partial charge in [-0.1, -0.05) is 23.2 Å². The highest BCUT2D eigenvalue weighted by Gasteiger charge is 2.22. The fourth-order valence-corrected chi connectivity index (χ4v) is 4.87. The summed E-state index contributed by atoms with van der Waals surface area (Å²) in [5.41, 5.74) is 1.01. The Balaban J connectivity index is 1.51. The molecule has 0 saturated carbocycles. The number of nitrogens with zero attached hydrogens (tertiary/aromatic N) is 5. The van der Waals surface area contributed by atoms with Crippen LogP contribution in [0.3, 0.4) is 0 Å². The molecule has 2 amide bonds. The molecule has 1 aromatic carbocycles. The first-order valence-corrected chi connectivity index (χ1v) is 13.0. The van der Waals surface area contributed by atoms with Gasteiger partial charge in [-0.3, -0.25) is 14.4 Å². The number of benzene rings is 1. The molecule has 12 nitrogen and oxygen atoms in total. The van der Waals surface area contributed by atoms with E-state index in [1.807, 2.05) is 4.90 Å². The average molecular weight is 586 g/mol. The number of anilines is 2. The normalized spacial score (nSPS) is 13.4. The lowest BCUT2D eigenvalue weighted by Crippen LogP contribution is -2.36. The van der Waals surface area contributed by atoms with Gasteiger partial charge in [0.05, 0.1) is 52.4 Å². The van der Waals surface area contributed by atoms with Crippen molar-refractivity contribution in [1.29, 1.82) is 0 Å². The summed E-state index contributed by atoms with van der Waals surface area (Å²) in [4.78, 5) is 49.5. The Bertz CT molecular complexity index is 1700. The maximum atomic E-state index is 13.2. The van der Waals surface area contributed by atoms with Gasteiger partial charge in [0.25, 0.3) is 11.5 Å². The van der Waals surface area contributed by atoms with Gasteiger partial charge in [0.1, 0.15) is 23.8 Å². The van der Waals surface area contributed by atoms with Gasteiger partial charge in [-0.15, -0.1) is 0 Å². The number of morpholine rings is 1. The minimum absolute atomic E-state index is 0.0623. The van der Waals surface area contributed by atoms with Crippen molar-refractivity contribution in [2.45, 2.75) is 6.54 Å². The van der Waals surface area contributed by atoms with E-state index in [-0.39, 0.29) is 44.5 Å². The van der Waals surface area contributed by atoms with E-state index < -0.39 is 11.8 Å². The molecular formula is C26H25Cl2N7O5. The van der Waals surface area contributed by atoms with Crippen LogP contribution in [0, 0.1) is 0 Å². The van der Waals surface area contributed by atoms with Gasteiger partial charge in [0, 0.05) is 45.0 Å². The number of carbonyl (C=O) groups is 2. The van der Waals surface area contributed by atoms with Gasteiger partial charge in [0.2, 0.25) is 5.91 Å². The largest absolute Gasteiger partial charge is 0.506 e. The third kappa shape index (κ3) is 5.20. The van der Waals surface area contributed by atoms with Crippen molar-refractivity contribution >= 4 is 57.6 Å². The molecule has 3 aromatic heterocycles. The van der Waals surface area contributed by atoms with E-state index in [4.69, 9.17) is 27.9 Å². The van der Waals surface area contributed by atoms with E-state index in [1.165, 1.54) is 40.8 Å². The zero-order valence-corrected chi connectivity index (χ0v) is 23.1. The first-order valence-electron chi connectivity index (χ1n) is 12.3. The van der Waals surface area contributed by atoms with E-state index >= 15 is 0 Å². The van der Waals surface area contributed by atoms with Crippen molar-refractivity contribution in [3.63, 3.8) is 0 Å². The SMILES string of the molecule is CNC(=O)c1cc(-c2cn(CC(=O)Nc3cc(N4CCOCC4)ncc3Cl)c3ncn(C)c(=O)c23)cc(Cl)c1O. The number of nitrogens with one attached hydrogen (secondary N) is 2. The second-order valence-electron chi connectivity index (χ2n) is 9.13. The number of pyridine rings is 1. The smallest absolute Gasteiger partial charge is 0.263 e. The third-order valence-electron chi connectivity index (χ3n) is 6.55. The number of aromatic nitrogens is 4. The van der Waals surface area contributed by atoms with Gasteiger partial charge in [-0.2, -0.15) is 0 Å². The number of phenols is 1. The number of aromatic hydroxyl groups is 1. The summed E-state index contributed by atoms with van der Waals surface area (Å²) >= 11 is 12.6. The molecule has 0 aliphatic carbocycles. The molecule has 4 heterocycles. The van der Waals surface area contributed by atoms with E-state index in [9.17, 15) is 19.5 Å². The minimum atomic E-state index is -0.555. The highest BCUT2D eigenvalue weighted by atomic mass is 35.5. The second kappa shape index (κ2) is 11.2. The van der Waals surface area contributed by atoms with E-state index in [0.717, 1.165) is 0 Å². The van der Waals surface area contributed by atoms with Gasteiger partial charge in [-0.25, -0.2) is 9.97 Å². The van der Waals surface area contributed by atoms with Crippen molar-refractivity contribution < 1.29 is 19.4 Å². The molecule has 1 saturated heterocycles. The molecule has 4 aromatic rings. The monoisotopic (exact) mass is 585 g/mol. The van der Waals surface area contributed by atoms with Crippen LogP contribution < -0.4 is 21.1 Å². The Morgan fingerprint density at radius 3 is 2.60 bits per heavy atom. The third-order valence-corrected chi connectivity index (χ3v) is 7.14. The molecular weight excluding hydrogens is 561 g/mol. The summed E-state index contributed by atoms with van der Waals surface area (Å²) in [7, 11) is 2.98. The van der Waals surface area contributed by atoms with Crippen molar-refractivity contribution in [2.75, 3.05) is 43.6 Å². The Morgan fingerprint density at radius 2 is 1.88 bits per heavy atom. The first-order chi connectivity index (χ1) is 19.2. The van der Waals surface area contributed by atoms with Crippen LogP contribution in [0.2, 0.25) is 10.0 Å². The van der Waals surface area contributed by atoms with Crippen LogP contribution in [-0.2, 0) is 23.1 Å². The lowest BCUT2D eigenvalue weighted by Gasteiger charge is -2.28. The fraction of sp³-hybridized carbons (Fsp3) is 0.269. The highest BCUT2D eigenvalue weighted by molar-refractivity contribution is 6.34. The molecule has 0 radical (unpaired) electrons. The van der Waals surface area contributed by atoms with E-state index in [0.29, 0.717) is 48.9 Å². The number of carbonyl (C=O) groups excluding carboxylic acids is 2. The lowest BCUT2D eigenvalue weighted by molar-refractivity contribution is -0.116. The molecule has 0 spiro atoms. The Labute approximate surface area is 238 Å². The topological polar surface area (TPSA) is 144 Å². The maximum absolute atomic E-state index is 13.2. The van der Waals surface area contributed by atoms with Gasteiger partial charge in [-0.05, 0) is 17.7 Å². The number of amides is 2. The van der Waals surface area contributed by atoms with Crippen LogP contribution in [0.15, 0.2) is 41.7 Å². The molecule has 14 heteroatoms. The Kier molecular flexibility index (Phi) is 7.66. The lowest BCUT2D eigenvalue weighted by atomic mass is 10.0. The molecule has 3 N–H and O–H groups in total. The highest BCUT2D eigenvalue weighted by Crippen LogP contribution is 2.36. The molecule has 0 bridgehead atoms. The number of ether oxygens (including phenoxy) is 1. The summed E-state index contributed by atoms with van der Waals surface area (Å²) in [6, 6.07) is 4.58. The van der Waals surface area contributed by atoms with Gasteiger partial charge >= 0.3 is 0 Å². The number of aryl methyl sites for hydroxylation is 1. The summed E-state index contributed by atoms with van der Waals surface area (Å²) in [6.45, 7) is 2.31. The van der Waals surface area contributed by atoms with Crippen molar-refractivity contribution in [1.82, 2.24) is 24.4 Å². The quantitative estimate of drug-likeness (QED) is 0.313. The van der Waals surface area contributed by atoms with Gasteiger partial charge in [0.15, 0.2) is 0 Å². The molecule has 1 aliphatic rings. The van der Waals surface area contributed by atoms with Crippen LogP contribution >= 0.6 is 23.2 Å². The van der Waals surface area contributed by atoms with Crippen LogP contribution in [-0.4, -0.2) is 69.4 Å². The van der Waals surface area contributed by atoms with Crippen LogP contribution in [0.5, 0.6) is 5.75 Å². The number of halogens is 2. The van der Waals surface area contributed by atoms with Crippen molar-refractivity contribution in [3.05, 3.63) is 62.9 Å². The fourth-order valence-electron chi connectivity index (χ4n) is 4.50. The molecule has 5 rings (SSSR count). The summed E-state index contributed by atoms with van der Waals surface area (Å²) in [6.07, 6.45) is 4.42. The number of rotatable bonds is 6. The second-order valence-corrected chi connectivity index (χ2v) is 9.95. The Morgan fingerprint density at radius 1 is 1.12 bits per heavy atom. The van der Waals surface area contributed by atoms with Crippen LogP contribution in [0.1, 0.15) is 10.4 Å². The molecule has 1 fully saturated rings. The molecule has 40 heavy (non-hydrogen) atoms. The van der Waals surface area contributed by atoms with Crippen LogP contribution in [0.4, 0.5) is 11.5 Å². The molecule has 0 unspecified atom stereocenters. The number of phenolic OH excluding ortho intramolecular Hbond substituents is 1. The number of hydrogen-bond donors (Lipinski definition) is 3. The zero-order chi connectivity index (χ0) is 28.6. The summed E-state index contributed by atoms with van der Waals surface area (Å²) < 4.78 is 8.22. The summed E-state index contributed by atoms with van der Waals surface area (Å²) in [5.74, 6) is -0.689. The number of fused-ring (bicyclic) bond motifs is 1. The maximum Gasteiger partial charge on any atom is 0.263 e. The van der Waals surface area contributed by atoms with Crippen LogP contribution in [0.25, 0.3) is 22.2 Å². The van der Waals surface area contributed by atoms with Crippen molar-refractivity contribution in [3.8, 4) is 16.9 Å². The number of hydrogen-bond acceptors (Lipinski definition) is 8. The molecule has 208 valence electrons. The zero-order valence-electron chi connectivity index (χ0n) is 21.6. The van der Waals surface area contributed by atoms with Crippen molar-refractivity contribution in [2.24, 2.45) is 7.05 Å². The summed E-state index contributed by atoms with van der Waals surface area (Å²) in [5, 5.41) is 16.0. The Hall–Kier alpha value is -4.13. The van der Waals surface area contributed by atoms with Gasteiger partial charge < -0.3 is 34.5 Å². The van der Waals surface area contributed by atoms with E-state index in [1.54, 1.807) is 19.3 Å². The predicted molar refractivity (Wildman–Crippen MR) is 151 cm³/mol. The average Bonchev–Trinajstić information content (AvgIpc) is 3.31. The predicted octanol–water partition coefficient (Wildman–Crippen LogP) is 2.64. The molecule has 0 atom stereocenters.